The van der Waals surface area contributed by atoms with Crippen molar-refractivity contribution in [1.29, 1.82) is 0 Å². The first kappa shape index (κ1) is 13.4. The standard InChI is InChI=1S/C15H19FN2O2/c1-15(11-5-4-8-17-9-11)10-18(14(19)20-15)13-7-3-2-6-12(13)16/h2-3,6-7,11,17H,4-5,8-10H2,1H3. The summed E-state index contributed by atoms with van der Waals surface area (Å²) in [5.74, 6) is -0.118. The lowest BCUT2D eigenvalue weighted by Crippen LogP contribution is -2.46. The van der Waals surface area contributed by atoms with Gasteiger partial charge in [0.05, 0.1) is 12.2 Å². The van der Waals surface area contributed by atoms with E-state index in [4.69, 9.17) is 4.74 Å². The summed E-state index contributed by atoms with van der Waals surface area (Å²) in [5, 5.41) is 3.33. The predicted molar refractivity (Wildman–Crippen MR) is 74.2 cm³/mol. The molecule has 108 valence electrons. The minimum Gasteiger partial charge on any atom is -0.441 e. The number of nitrogens with zero attached hydrogens (tertiary/aromatic N) is 1. The van der Waals surface area contributed by atoms with Gasteiger partial charge in [0.1, 0.15) is 11.4 Å². The Morgan fingerprint density at radius 2 is 2.25 bits per heavy atom. The van der Waals surface area contributed by atoms with E-state index >= 15 is 0 Å². The third-order valence-corrected chi connectivity index (χ3v) is 4.32. The second kappa shape index (κ2) is 5.05. The second-order valence-electron chi connectivity index (χ2n) is 5.76. The van der Waals surface area contributed by atoms with Gasteiger partial charge >= 0.3 is 6.09 Å². The van der Waals surface area contributed by atoms with E-state index in [0.29, 0.717) is 12.2 Å². The van der Waals surface area contributed by atoms with Crippen LogP contribution in [0.5, 0.6) is 0 Å². The van der Waals surface area contributed by atoms with E-state index in [9.17, 15) is 9.18 Å². The molecule has 0 saturated carbocycles. The van der Waals surface area contributed by atoms with E-state index in [1.165, 1.54) is 11.0 Å². The summed E-state index contributed by atoms with van der Waals surface area (Å²) in [7, 11) is 0. The van der Waals surface area contributed by atoms with E-state index in [0.717, 1.165) is 25.9 Å². The zero-order valence-electron chi connectivity index (χ0n) is 11.6. The van der Waals surface area contributed by atoms with Crippen LogP contribution in [0.3, 0.4) is 0 Å². The average Bonchev–Trinajstić information content (AvgIpc) is 2.77. The number of nitrogens with one attached hydrogen (secondary N) is 1. The molecule has 0 radical (unpaired) electrons. The second-order valence-corrected chi connectivity index (χ2v) is 5.76. The monoisotopic (exact) mass is 278 g/mol. The summed E-state index contributed by atoms with van der Waals surface area (Å²) >= 11 is 0. The Kier molecular flexibility index (Phi) is 3.38. The number of para-hydroxylation sites is 1. The van der Waals surface area contributed by atoms with Crippen molar-refractivity contribution in [3.63, 3.8) is 0 Å². The fourth-order valence-corrected chi connectivity index (χ4v) is 3.10. The molecule has 2 unspecified atom stereocenters. The summed E-state index contributed by atoms with van der Waals surface area (Å²) < 4.78 is 19.4. The quantitative estimate of drug-likeness (QED) is 0.904. The van der Waals surface area contributed by atoms with Gasteiger partial charge in [0.25, 0.3) is 0 Å². The molecule has 0 bridgehead atoms. The fourth-order valence-electron chi connectivity index (χ4n) is 3.10. The van der Waals surface area contributed by atoms with Gasteiger partial charge in [-0.05, 0) is 38.4 Å². The van der Waals surface area contributed by atoms with Crippen LogP contribution >= 0.6 is 0 Å². The zero-order valence-corrected chi connectivity index (χ0v) is 11.6. The number of rotatable bonds is 2. The molecule has 2 heterocycles. The van der Waals surface area contributed by atoms with Gasteiger partial charge in [-0.25, -0.2) is 9.18 Å². The van der Waals surface area contributed by atoms with Gasteiger partial charge < -0.3 is 10.1 Å². The minimum absolute atomic E-state index is 0.275. The molecule has 5 heteroatoms. The number of ether oxygens (including phenoxy) is 1. The molecule has 0 aromatic heterocycles. The van der Waals surface area contributed by atoms with Gasteiger partial charge in [0.2, 0.25) is 0 Å². The van der Waals surface area contributed by atoms with E-state index in [1.54, 1.807) is 18.2 Å². The Balaban J connectivity index is 1.83. The maximum Gasteiger partial charge on any atom is 0.415 e. The number of halogens is 1. The number of amides is 1. The van der Waals surface area contributed by atoms with Crippen LogP contribution in [0.15, 0.2) is 24.3 Å². The van der Waals surface area contributed by atoms with Crippen LogP contribution in [0.2, 0.25) is 0 Å². The summed E-state index contributed by atoms with van der Waals surface area (Å²) in [6, 6.07) is 6.32. The molecule has 0 spiro atoms. The van der Waals surface area contributed by atoms with Crippen molar-refractivity contribution in [3.05, 3.63) is 30.1 Å². The molecule has 2 saturated heterocycles. The van der Waals surface area contributed by atoms with Gasteiger partial charge in [0.15, 0.2) is 0 Å². The molecule has 1 aromatic rings. The lowest BCUT2D eigenvalue weighted by atomic mass is 9.83. The predicted octanol–water partition coefficient (Wildman–Crippen LogP) is 2.54. The Hall–Kier alpha value is -1.62. The Labute approximate surface area is 117 Å². The van der Waals surface area contributed by atoms with Crippen LogP contribution in [-0.4, -0.2) is 31.3 Å². The first-order valence-electron chi connectivity index (χ1n) is 7.06. The highest BCUT2D eigenvalue weighted by molar-refractivity contribution is 5.90. The molecule has 2 atom stereocenters. The number of carbonyl (C=O) groups is 1. The van der Waals surface area contributed by atoms with Crippen LogP contribution in [0.4, 0.5) is 14.9 Å². The van der Waals surface area contributed by atoms with Gasteiger partial charge in [-0.1, -0.05) is 12.1 Å². The highest BCUT2D eigenvalue weighted by Crippen LogP contribution is 2.36. The molecule has 1 aromatic carbocycles. The van der Waals surface area contributed by atoms with E-state index in [-0.39, 0.29) is 5.92 Å². The number of carbonyl (C=O) groups excluding carboxylic acids is 1. The van der Waals surface area contributed by atoms with E-state index < -0.39 is 17.5 Å². The summed E-state index contributed by atoms with van der Waals surface area (Å²) in [6.07, 6.45) is 1.66. The van der Waals surface area contributed by atoms with Crippen molar-refractivity contribution >= 4 is 11.8 Å². The molecule has 2 aliphatic rings. The van der Waals surface area contributed by atoms with Crippen molar-refractivity contribution in [2.75, 3.05) is 24.5 Å². The smallest absolute Gasteiger partial charge is 0.415 e. The first-order chi connectivity index (χ1) is 9.60. The third-order valence-electron chi connectivity index (χ3n) is 4.32. The SMILES string of the molecule is CC1(C2CCCNC2)CN(c2ccccc2F)C(=O)O1. The molecule has 1 N–H and O–H groups in total. The van der Waals surface area contributed by atoms with Gasteiger partial charge in [-0.2, -0.15) is 0 Å². The Bertz CT molecular complexity index is 516. The molecule has 2 aliphatic heterocycles. The largest absolute Gasteiger partial charge is 0.441 e. The highest BCUT2D eigenvalue weighted by Gasteiger charge is 2.48. The van der Waals surface area contributed by atoms with Gasteiger partial charge in [-0.15, -0.1) is 0 Å². The Morgan fingerprint density at radius 1 is 1.45 bits per heavy atom. The third kappa shape index (κ3) is 2.26. The number of anilines is 1. The van der Waals surface area contributed by atoms with Crippen molar-refractivity contribution in [3.8, 4) is 0 Å². The maximum absolute atomic E-state index is 13.8. The van der Waals surface area contributed by atoms with Gasteiger partial charge in [0, 0.05) is 12.5 Å². The van der Waals surface area contributed by atoms with Crippen LogP contribution < -0.4 is 10.2 Å². The van der Waals surface area contributed by atoms with Crippen molar-refractivity contribution in [2.45, 2.75) is 25.4 Å². The van der Waals surface area contributed by atoms with Crippen LogP contribution in [0.1, 0.15) is 19.8 Å². The normalized spacial score (nSPS) is 30.4. The molecule has 0 aliphatic carbocycles. The van der Waals surface area contributed by atoms with Crippen molar-refractivity contribution in [1.82, 2.24) is 5.32 Å². The molecular weight excluding hydrogens is 259 g/mol. The first-order valence-corrected chi connectivity index (χ1v) is 7.06. The van der Waals surface area contributed by atoms with Crippen LogP contribution in [0.25, 0.3) is 0 Å². The number of cyclic esters (lactones) is 1. The minimum atomic E-state index is -0.549. The van der Waals surface area contributed by atoms with Gasteiger partial charge in [-0.3, -0.25) is 4.90 Å². The summed E-state index contributed by atoms with van der Waals surface area (Å²) in [6.45, 7) is 4.20. The molecule has 2 fully saturated rings. The zero-order chi connectivity index (χ0) is 14.2. The molecule has 20 heavy (non-hydrogen) atoms. The number of piperidine rings is 1. The van der Waals surface area contributed by atoms with E-state index in [2.05, 4.69) is 5.32 Å². The van der Waals surface area contributed by atoms with E-state index in [1.807, 2.05) is 6.92 Å². The number of benzene rings is 1. The Morgan fingerprint density at radius 3 is 2.95 bits per heavy atom. The lowest BCUT2D eigenvalue weighted by Gasteiger charge is -2.34. The van der Waals surface area contributed by atoms with Crippen LogP contribution in [-0.2, 0) is 4.74 Å². The summed E-state index contributed by atoms with van der Waals surface area (Å²) in [5.41, 5.74) is -0.253. The fraction of sp³-hybridized carbons (Fsp3) is 0.533. The lowest BCUT2D eigenvalue weighted by molar-refractivity contribution is 0.0123. The highest BCUT2D eigenvalue weighted by atomic mass is 19.1. The number of hydrogen-bond acceptors (Lipinski definition) is 3. The van der Waals surface area contributed by atoms with Crippen molar-refractivity contribution in [2.24, 2.45) is 5.92 Å². The molecular formula is C15H19FN2O2. The molecule has 3 rings (SSSR count). The molecule has 1 amide bonds. The topological polar surface area (TPSA) is 41.6 Å². The maximum atomic E-state index is 13.8. The number of hydrogen-bond donors (Lipinski definition) is 1. The van der Waals surface area contributed by atoms with Crippen molar-refractivity contribution < 1.29 is 13.9 Å². The van der Waals surface area contributed by atoms with Crippen LogP contribution in [0, 0.1) is 11.7 Å². The molecule has 4 nitrogen and oxygen atoms in total. The summed E-state index contributed by atoms with van der Waals surface area (Å²) in [4.78, 5) is 13.5. The average molecular weight is 278 g/mol.